The van der Waals surface area contributed by atoms with Crippen molar-refractivity contribution in [1.82, 2.24) is 23.9 Å². The van der Waals surface area contributed by atoms with E-state index in [4.69, 9.17) is 14.8 Å². The highest BCUT2D eigenvalue weighted by molar-refractivity contribution is 6.12. The molecule has 0 amide bonds. The van der Waals surface area contributed by atoms with Crippen LogP contribution in [0.25, 0.3) is 71.9 Å². The zero-order chi connectivity index (χ0) is 42.4. The highest BCUT2D eigenvalue weighted by atomic mass is 16.5. The molecule has 0 atom stereocenters. The van der Waals surface area contributed by atoms with E-state index in [1.165, 1.54) is 55.3 Å². The monoisotopic (exact) mass is 797 g/mol. The van der Waals surface area contributed by atoms with Gasteiger partial charge in [-0.15, -0.1) is 0 Å². The molecule has 0 aliphatic rings. The number of aromatic nitrogens is 5. The zero-order valence-corrected chi connectivity index (χ0v) is 36.5. The average Bonchev–Trinajstić information content (AvgIpc) is 3.89. The first-order valence-corrected chi connectivity index (χ1v) is 21.2. The fourth-order valence-electron chi connectivity index (χ4n) is 9.34. The molecule has 6 aromatic carbocycles. The summed E-state index contributed by atoms with van der Waals surface area (Å²) in [6.07, 6.45) is 1.94. The molecule has 6 heteroatoms. The van der Waals surface area contributed by atoms with Crippen LogP contribution in [0.1, 0.15) is 69.6 Å². The van der Waals surface area contributed by atoms with Crippen LogP contribution in [0.3, 0.4) is 0 Å². The van der Waals surface area contributed by atoms with Gasteiger partial charge in [0, 0.05) is 56.9 Å². The van der Waals surface area contributed by atoms with Crippen molar-refractivity contribution in [1.29, 1.82) is 0 Å². The van der Waals surface area contributed by atoms with E-state index in [9.17, 15) is 0 Å². The zero-order valence-electron chi connectivity index (χ0n) is 36.5. The van der Waals surface area contributed by atoms with Crippen molar-refractivity contribution in [2.45, 2.75) is 73.1 Å². The molecule has 4 heterocycles. The van der Waals surface area contributed by atoms with Crippen LogP contribution in [0.5, 0.6) is 11.5 Å². The highest BCUT2D eigenvalue weighted by Gasteiger charge is 2.29. The fourth-order valence-corrected chi connectivity index (χ4v) is 9.34. The second-order valence-corrected chi connectivity index (χ2v) is 18.6. The van der Waals surface area contributed by atoms with Crippen LogP contribution >= 0.6 is 0 Å². The molecule has 0 radical (unpaired) electrons. The first kappa shape index (κ1) is 38.3. The van der Waals surface area contributed by atoms with Gasteiger partial charge in [0.15, 0.2) is 0 Å². The molecule has 6 nitrogen and oxygen atoms in total. The summed E-state index contributed by atoms with van der Waals surface area (Å²) in [5.41, 5.74) is 14.4. The number of hydrogen-bond donors (Lipinski definition) is 0. The molecular formula is C55H51N5O. The first-order chi connectivity index (χ1) is 29.3. The van der Waals surface area contributed by atoms with Gasteiger partial charge in [-0.25, -0.2) is 9.67 Å². The summed E-state index contributed by atoms with van der Waals surface area (Å²) in [6.45, 7) is 20.1. The molecular weight excluding hydrogens is 747 g/mol. The van der Waals surface area contributed by atoms with E-state index in [-0.39, 0.29) is 10.8 Å². The van der Waals surface area contributed by atoms with Gasteiger partial charge in [0.05, 0.1) is 44.8 Å². The number of ether oxygens (including phenoxy) is 1. The Kier molecular flexibility index (Phi) is 8.85. The second kappa shape index (κ2) is 14.1. The normalized spacial score (nSPS) is 12.3. The van der Waals surface area contributed by atoms with E-state index < -0.39 is 0 Å². The summed E-state index contributed by atoms with van der Waals surface area (Å²) in [4.78, 5) is 5.05. The maximum Gasteiger partial charge on any atom is 0.139 e. The molecule has 0 aliphatic heterocycles. The molecule has 0 saturated heterocycles. The Balaban J connectivity index is 1.13. The average molecular weight is 798 g/mol. The summed E-state index contributed by atoms with van der Waals surface area (Å²) in [7, 11) is 0. The third kappa shape index (κ3) is 6.40. The minimum absolute atomic E-state index is 0.138. The number of pyridine rings is 1. The third-order valence-corrected chi connectivity index (χ3v) is 12.1. The Morgan fingerprint density at radius 1 is 0.508 bits per heavy atom. The van der Waals surface area contributed by atoms with E-state index in [0.29, 0.717) is 0 Å². The van der Waals surface area contributed by atoms with Crippen molar-refractivity contribution in [2.75, 3.05) is 0 Å². The van der Waals surface area contributed by atoms with Gasteiger partial charge in [-0.05, 0) is 84.8 Å². The predicted molar refractivity (Wildman–Crippen MR) is 254 cm³/mol. The maximum absolute atomic E-state index is 6.94. The molecule has 4 aromatic heterocycles. The van der Waals surface area contributed by atoms with Gasteiger partial charge < -0.3 is 9.30 Å². The molecule has 0 aliphatic carbocycles. The quantitative estimate of drug-likeness (QED) is 0.168. The molecule has 0 unspecified atom stereocenters. The maximum atomic E-state index is 6.94. The number of benzene rings is 6. The lowest BCUT2D eigenvalue weighted by molar-refractivity contribution is 0.477. The van der Waals surface area contributed by atoms with Crippen LogP contribution in [-0.2, 0) is 10.8 Å². The Bertz CT molecular complexity index is 3270. The summed E-state index contributed by atoms with van der Waals surface area (Å²) in [6, 6.07) is 49.7. The SMILES string of the molecule is Cc1nn(-c2cc(Oc3ccc4c5ccccc5n(-c5cc(-n6c7c(C)cccc7c7cccc(C)c76)ccn5)c4c3)cc(C(C)(C)C)c2)c(C(C)(C)C)c1-c1ccccc1. The molecule has 302 valence electrons. The molecule has 0 N–H and O–H groups in total. The van der Waals surface area contributed by atoms with Crippen LogP contribution in [0.15, 0.2) is 146 Å². The van der Waals surface area contributed by atoms with E-state index in [1.54, 1.807) is 0 Å². The number of hydrogen-bond acceptors (Lipinski definition) is 3. The molecule has 0 bridgehead atoms. The van der Waals surface area contributed by atoms with Crippen LogP contribution in [-0.4, -0.2) is 23.9 Å². The first-order valence-electron chi connectivity index (χ1n) is 21.2. The van der Waals surface area contributed by atoms with Gasteiger partial charge in [0.2, 0.25) is 0 Å². The third-order valence-electron chi connectivity index (χ3n) is 12.1. The van der Waals surface area contributed by atoms with Gasteiger partial charge in [-0.1, -0.05) is 126 Å². The van der Waals surface area contributed by atoms with Crippen LogP contribution in [0.4, 0.5) is 0 Å². The standard InChI is InChI=1S/C55H51N5O/c1-34-17-15-22-45-46-23-16-18-35(2)52(46)58(51(34)45)39-27-28-56-49(32-39)59-47-24-14-13-21-43(47)44-26-25-41(33-48(44)59)61-42-30-38(54(4,5)6)29-40(31-42)60-53(55(7,8)9)50(36(3)57-60)37-19-11-10-12-20-37/h10-33H,1-9H3. The Morgan fingerprint density at radius 3 is 1.85 bits per heavy atom. The largest absolute Gasteiger partial charge is 0.457 e. The van der Waals surface area contributed by atoms with E-state index >= 15 is 0 Å². The van der Waals surface area contributed by atoms with Gasteiger partial charge in [-0.3, -0.25) is 4.57 Å². The van der Waals surface area contributed by atoms with Crippen molar-refractivity contribution in [3.63, 3.8) is 0 Å². The number of aryl methyl sites for hydroxylation is 3. The van der Waals surface area contributed by atoms with Gasteiger partial charge in [0.25, 0.3) is 0 Å². The molecule has 61 heavy (non-hydrogen) atoms. The number of nitrogens with zero attached hydrogens (tertiary/aromatic N) is 5. The summed E-state index contributed by atoms with van der Waals surface area (Å²) >= 11 is 0. The molecule has 0 fully saturated rings. The van der Waals surface area contributed by atoms with Gasteiger partial charge >= 0.3 is 0 Å². The lowest BCUT2D eigenvalue weighted by Crippen LogP contribution is -2.19. The highest BCUT2D eigenvalue weighted by Crippen LogP contribution is 2.41. The molecule has 10 rings (SSSR count). The molecule has 0 spiro atoms. The van der Waals surface area contributed by atoms with Crippen molar-refractivity contribution in [3.05, 3.63) is 174 Å². The summed E-state index contributed by atoms with van der Waals surface area (Å²) in [5, 5.41) is 10.0. The fraction of sp³-hybridized carbons (Fsp3) is 0.200. The van der Waals surface area contributed by atoms with E-state index in [1.807, 2.05) is 6.20 Å². The smallest absolute Gasteiger partial charge is 0.139 e. The summed E-state index contributed by atoms with van der Waals surface area (Å²) in [5.74, 6) is 2.35. The van der Waals surface area contributed by atoms with E-state index in [2.05, 4.69) is 216 Å². The van der Waals surface area contributed by atoms with Gasteiger partial charge in [0.1, 0.15) is 17.3 Å². The number of para-hydroxylation sites is 3. The van der Waals surface area contributed by atoms with Crippen molar-refractivity contribution in [3.8, 4) is 39.8 Å². The molecule has 10 aromatic rings. The van der Waals surface area contributed by atoms with Crippen LogP contribution < -0.4 is 4.74 Å². The Labute approximate surface area is 357 Å². The topological polar surface area (TPSA) is 49.8 Å². The lowest BCUT2D eigenvalue weighted by atomic mass is 9.85. The number of rotatable bonds is 6. The summed E-state index contributed by atoms with van der Waals surface area (Å²) < 4.78 is 13.8. The van der Waals surface area contributed by atoms with Crippen molar-refractivity contribution in [2.24, 2.45) is 0 Å². The van der Waals surface area contributed by atoms with Crippen molar-refractivity contribution >= 4 is 43.6 Å². The minimum atomic E-state index is -0.186. The number of fused-ring (bicyclic) bond motifs is 6. The Morgan fingerprint density at radius 2 is 1.16 bits per heavy atom. The second-order valence-electron chi connectivity index (χ2n) is 18.6. The predicted octanol–water partition coefficient (Wildman–Crippen LogP) is 14.4. The van der Waals surface area contributed by atoms with Crippen molar-refractivity contribution < 1.29 is 4.74 Å². The lowest BCUT2D eigenvalue weighted by Gasteiger charge is -2.25. The van der Waals surface area contributed by atoms with Crippen LogP contribution in [0.2, 0.25) is 0 Å². The minimum Gasteiger partial charge on any atom is -0.457 e. The van der Waals surface area contributed by atoms with E-state index in [0.717, 1.165) is 56.2 Å². The molecule has 0 saturated carbocycles. The van der Waals surface area contributed by atoms with Gasteiger partial charge in [-0.2, -0.15) is 5.10 Å². The Hall–Kier alpha value is -6.92. The van der Waals surface area contributed by atoms with Crippen LogP contribution in [0, 0.1) is 20.8 Å².